The molecule has 0 aliphatic heterocycles. The zero-order valence-electron chi connectivity index (χ0n) is 11.9. The molecule has 0 aromatic carbocycles. The number of H-pyrrole nitrogens is 2. The Morgan fingerprint density at radius 3 is 2.48 bits per heavy atom. The van der Waals surface area contributed by atoms with E-state index in [0.717, 1.165) is 10.5 Å². The number of nitrogens with zero attached hydrogens (tertiary/aromatic N) is 1. The van der Waals surface area contributed by atoms with Gasteiger partial charge in [0.05, 0.1) is 6.61 Å². The molecule has 0 aliphatic carbocycles. The highest BCUT2D eigenvalue weighted by atomic mass is 32.2. The van der Waals surface area contributed by atoms with Gasteiger partial charge in [-0.15, -0.1) is 0 Å². The van der Waals surface area contributed by atoms with Crippen molar-refractivity contribution in [2.45, 2.75) is 31.7 Å². The number of aromatic nitrogens is 2. The Morgan fingerprint density at radius 1 is 1.38 bits per heavy atom. The molecule has 1 aromatic rings. The minimum Gasteiger partial charge on any atom is -0.465 e. The summed E-state index contributed by atoms with van der Waals surface area (Å²) in [5, 5.41) is 0. The van der Waals surface area contributed by atoms with Crippen molar-refractivity contribution in [1.82, 2.24) is 14.3 Å². The molecule has 9 nitrogen and oxygen atoms in total. The Kier molecular flexibility index (Phi) is 5.44. The number of hydrogen-bond donors (Lipinski definition) is 2. The first-order valence-corrected chi connectivity index (χ1v) is 7.63. The van der Waals surface area contributed by atoms with Crippen LogP contribution in [0.25, 0.3) is 0 Å². The van der Waals surface area contributed by atoms with Crippen LogP contribution in [0.1, 0.15) is 20.8 Å². The molecule has 1 aromatic heterocycles. The van der Waals surface area contributed by atoms with Crippen molar-refractivity contribution in [1.29, 1.82) is 0 Å². The highest BCUT2D eigenvalue weighted by molar-refractivity contribution is 7.89. The van der Waals surface area contributed by atoms with Crippen molar-refractivity contribution in [3.8, 4) is 0 Å². The van der Waals surface area contributed by atoms with Gasteiger partial charge in [-0.2, -0.15) is 4.31 Å². The normalized spacial score (nSPS) is 11.9. The summed E-state index contributed by atoms with van der Waals surface area (Å²) >= 11 is 0. The van der Waals surface area contributed by atoms with Crippen LogP contribution in [0.2, 0.25) is 0 Å². The lowest BCUT2D eigenvalue weighted by Crippen LogP contribution is -2.43. The molecule has 0 radical (unpaired) electrons. The predicted octanol–water partition coefficient (Wildman–Crippen LogP) is -0.975. The number of sulfonamides is 1. The van der Waals surface area contributed by atoms with E-state index in [1.807, 2.05) is 4.98 Å². The second-order valence-corrected chi connectivity index (χ2v) is 6.24. The van der Waals surface area contributed by atoms with E-state index in [1.54, 1.807) is 20.8 Å². The summed E-state index contributed by atoms with van der Waals surface area (Å²) < 4.78 is 30.4. The number of carbonyl (C=O) groups excluding carboxylic acids is 1. The lowest BCUT2D eigenvalue weighted by atomic mass is 10.4. The molecule has 21 heavy (non-hydrogen) atoms. The summed E-state index contributed by atoms with van der Waals surface area (Å²) in [6.07, 6.45) is 0.803. The maximum atomic E-state index is 12.4. The van der Waals surface area contributed by atoms with E-state index in [2.05, 4.69) is 4.98 Å². The van der Waals surface area contributed by atoms with Crippen LogP contribution >= 0.6 is 0 Å². The van der Waals surface area contributed by atoms with Gasteiger partial charge in [0.15, 0.2) is 4.90 Å². The van der Waals surface area contributed by atoms with Gasteiger partial charge in [-0.3, -0.25) is 14.6 Å². The average Bonchev–Trinajstić information content (AvgIpc) is 2.35. The SMILES string of the molecule is CCOC(=O)CN(C(C)C)S(=O)(=O)c1c[nH]c(=O)[nH]c1=O. The van der Waals surface area contributed by atoms with Crippen LogP contribution in [0.15, 0.2) is 20.7 Å². The minimum atomic E-state index is -4.24. The summed E-state index contributed by atoms with van der Waals surface area (Å²) in [6, 6.07) is -0.578. The molecular formula is C11H17N3O6S. The molecule has 0 bridgehead atoms. The maximum Gasteiger partial charge on any atom is 0.325 e. The van der Waals surface area contributed by atoms with Gasteiger partial charge >= 0.3 is 11.7 Å². The first-order valence-electron chi connectivity index (χ1n) is 6.19. The predicted molar refractivity (Wildman–Crippen MR) is 73.3 cm³/mol. The van der Waals surface area contributed by atoms with Crippen molar-refractivity contribution in [3.05, 3.63) is 27.0 Å². The lowest BCUT2D eigenvalue weighted by Gasteiger charge is -2.24. The van der Waals surface area contributed by atoms with Gasteiger partial charge in [0, 0.05) is 12.2 Å². The van der Waals surface area contributed by atoms with E-state index < -0.39 is 44.7 Å². The summed E-state index contributed by atoms with van der Waals surface area (Å²) in [5.41, 5.74) is -1.87. The Hall–Kier alpha value is -1.94. The van der Waals surface area contributed by atoms with Gasteiger partial charge in [-0.1, -0.05) is 0 Å². The third-order valence-electron chi connectivity index (χ3n) is 2.54. The van der Waals surface area contributed by atoms with Crippen LogP contribution in [0.5, 0.6) is 0 Å². The number of esters is 1. The van der Waals surface area contributed by atoms with Gasteiger partial charge in [-0.25, -0.2) is 13.2 Å². The molecule has 0 saturated carbocycles. The zero-order chi connectivity index (χ0) is 16.2. The van der Waals surface area contributed by atoms with E-state index in [-0.39, 0.29) is 6.61 Å². The fraction of sp³-hybridized carbons (Fsp3) is 0.545. The second kappa shape index (κ2) is 6.68. The quantitative estimate of drug-likeness (QED) is 0.649. The van der Waals surface area contributed by atoms with E-state index in [9.17, 15) is 22.8 Å². The molecule has 2 N–H and O–H groups in total. The van der Waals surface area contributed by atoms with E-state index in [4.69, 9.17) is 4.74 Å². The molecule has 0 aliphatic rings. The third kappa shape index (κ3) is 4.02. The van der Waals surface area contributed by atoms with E-state index >= 15 is 0 Å². The Morgan fingerprint density at radius 2 is 2.00 bits per heavy atom. The Balaban J connectivity index is 3.25. The van der Waals surface area contributed by atoms with Gasteiger partial charge in [-0.05, 0) is 20.8 Å². The zero-order valence-corrected chi connectivity index (χ0v) is 12.7. The number of carbonyl (C=O) groups is 1. The van der Waals surface area contributed by atoms with Crippen LogP contribution in [0.4, 0.5) is 0 Å². The summed E-state index contributed by atoms with van der Waals surface area (Å²) in [4.78, 5) is 37.3. The van der Waals surface area contributed by atoms with Crippen LogP contribution in [0.3, 0.4) is 0 Å². The summed E-state index contributed by atoms with van der Waals surface area (Å²) in [5.74, 6) is -0.726. The molecule has 0 amide bonds. The van der Waals surface area contributed by atoms with Gasteiger partial charge < -0.3 is 9.72 Å². The molecule has 0 spiro atoms. The lowest BCUT2D eigenvalue weighted by molar-refractivity contribution is -0.143. The van der Waals surface area contributed by atoms with Gasteiger partial charge in [0.25, 0.3) is 15.6 Å². The Labute approximate surface area is 121 Å². The number of rotatable bonds is 6. The first-order chi connectivity index (χ1) is 9.70. The molecule has 118 valence electrons. The van der Waals surface area contributed by atoms with Gasteiger partial charge in [0.1, 0.15) is 6.54 Å². The van der Waals surface area contributed by atoms with Crippen LogP contribution < -0.4 is 11.2 Å². The van der Waals surface area contributed by atoms with Crippen molar-refractivity contribution in [2.24, 2.45) is 0 Å². The minimum absolute atomic E-state index is 0.115. The molecule has 0 atom stereocenters. The second-order valence-electron chi connectivity index (χ2n) is 4.39. The van der Waals surface area contributed by atoms with Crippen LogP contribution in [-0.2, 0) is 19.6 Å². The van der Waals surface area contributed by atoms with Crippen molar-refractivity contribution < 1.29 is 17.9 Å². The molecular weight excluding hydrogens is 302 g/mol. The third-order valence-corrected chi connectivity index (χ3v) is 4.57. The smallest absolute Gasteiger partial charge is 0.325 e. The van der Waals surface area contributed by atoms with Crippen molar-refractivity contribution >= 4 is 16.0 Å². The molecule has 10 heteroatoms. The standard InChI is InChI=1S/C11H17N3O6S/c1-4-20-9(15)6-14(7(2)3)21(18,19)8-5-12-11(17)13-10(8)16/h5,7H,4,6H2,1-3H3,(H2,12,13,16,17). The maximum absolute atomic E-state index is 12.4. The number of nitrogens with one attached hydrogen (secondary N) is 2. The average molecular weight is 319 g/mol. The monoisotopic (exact) mass is 319 g/mol. The van der Waals surface area contributed by atoms with Crippen LogP contribution in [-0.4, -0.2) is 47.9 Å². The molecule has 0 fully saturated rings. The first kappa shape index (κ1) is 17.1. The highest BCUT2D eigenvalue weighted by Crippen LogP contribution is 2.13. The number of aromatic amines is 2. The van der Waals surface area contributed by atoms with Gasteiger partial charge in [0.2, 0.25) is 0 Å². The fourth-order valence-corrected chi connectivity index (χ4v) is 3.17. The highest BCUT2D eigenvalue weighted by Gasteiger charge is 2.31. The van der Waals surface area contributed by atoms with Crippen LogP contribution in [0, 0.1) is 0 Å². The number of hydrogen-bond acceptors (Lipinski definition) is 6. The molecule has 0 unspecified atom stereocenters. The Bertz CT molecular complexity index is 718. The van der Waals surface area contributed by atoms with Crippen molar-refractivity contribution in [3.63, 3.8) is 0 Å². The van der Waals surface area contributed by atoms with Crippen molar-refractivity contribution in [2.75, 3.05) is 13.2 Å². The van der Waals surface area contributed by atoms with E-state index in [1.165, 1.54) is 0 Å². The molecule has 1 rings (SSSR count). The number of ether oxygens (including phenoxy) is 1. The topological polar surface area (TPSA) is 129 Å². The summed E-state index contributed by atoms with van der Waals surface area (Å²) in [6.45, 7) is 4.29. The molecule has 0 saturated heterocycles. The largest absolute Gasteiger partial charge is 0.465 e. The summed E-state index contributed by atoms with van der Waals surface area (Å²) in [7, 11) is -4.24. The van der Waals surface area contributed by atoms with E-state index in [0.29, 0.717) is 0 Å². The fourth-order valence-electron chi connectivity index (χ4n) is 1.59. The molecule has 1 heterocycles.